The molecule has 3 rings (SSSR count). The number of carbonyl (C=O) groups excluding carboxylic acids is 1. The Hall–Kier alpha value is -0.440. The molecule has 0 bridgehead atoms. The molecule has 2 aromatic heterocycles. The van der Waals surface area contributed by atoms with Crippen molar-refractivity contribution < 1.29 is 4.79 Å². The van der Waals surface area contributed by atoms with Crippen LogP contribution in [0.2, 0.25) is 0 Å². The molecule has 0 aliphatic rings. The molecular weight excluding hydrogens is 457 g/mol. The Morgan fingerprint density at radius 1 is 1.21 bits per heavy atom. The van der Waals surface area contributed by atoms with E-state index in [2.05, 4.69) is 43.8 Å². The number of carbonyl (C=O) groups is 1. The molecular formula is C13H7BrINOS2. The molecule has 0 radical (unpaired) electrons. The second-order valence-corrected chi connectivity index (χ2v) is 7.97. The van der Waals surface area contributed by atoms with Gasteiger partial charge in [-0.3, -0.25) is 4.79 Å². The second kappa shape index (κ2) is 5.51. The number of rotatable bonds is 2. The van der Waals surface area contributed by atoms with Crippen LogP contribution in [-0.4, -0.2) is 5.91 Å². The van der Waals surface area contributed by atoms with Crippen molar-refractivity contribution in [2.75, 3.05) is 5.32 Å². The maximum absolute atomic E-state index is 12.2. The quantitative estimate of drug-likeness (QED) is 0.493. The minimum Gasteiger partial charge on any atom is -0.320 e. The van der Waals surface area contributed by atoms with E-state index >= 15 is 0 Å². The fourth-order valence-corrected chi connectivity index (χ4v) is 5.05. The van der Waals surface area contributed by atoms with Crippen molar-refractivity contribution in [3.8, 4) is 0 Å². The summed E-state index contributed by atoms with van der Waals surface area (Å²) >= 11 is 8.88. The monoisotopic (exact) mass is 463 g/mol. The summed E-state index contributed by atoms with van der Waals surface area (Å²) in [5.74, 6) is -0.0599. The molecule has 1 amide bonds. The lowest BCUT2D eigenvalue weighted by atomic mass is 10.3. The third kappa shape index (κ3) is 2.86. The Morgan fingerprint density at radius 3 is 2.79 bits per heavy atom. The molecule has 1 N–H and O–H groups in total. The highest BCUT2D eigenvalue weighted by molar-refractivity contribution is 14.1. The summed E-state index contributed by atoms with van der Waals surface area (Å²) in [5.41, 5.74) is 0.794. The lowest BCUT2D eigenvalue weighted by Crippen LogP contribution is -2.10. The molecule has 0 saturated heterocycles. The molecule has 1 aromatic carbocycles. The largest absolute Gasteiger partial charge is 0.320 e. The first-order chi connectivity index (χ1) is 9.13. The molecule has 6 heteroatoms. The zero-order valence-electron chi connectivity index (χ0n) is 9.44. The summed E-state index contributed by atoms with van der Waals surface area (Å²) in [5, 5.41) is 4.97. The van der Waals surface area contributed by atoms with Crippen LogP contribution in [0.25, 0.3) is 9.40 Å². The standard InChI is InChI=1S/C13H7BrINOS2/c14-8-5-7(15)1-2-9(8)16-13(17)12-6-11-10(19-12)3-4-18-11/h1-6H,(H,16,17). The highest BCUT2D eigenvalue weighted by Crippen LogP contribution is 2.31. The van der Waals surface area contributed by atoms with Gasteiger partial charge in [0.15, 0.2) is 0 Å². The van der Waals surface area contributed by atoms with Gasteiger partial charge < -0.3 is 5.32 Å². The minimum atomic E-state index is -0.0599. The number of thiophene rings is 2. The fraction of sp³-hybridized carbons (Fsp3) is 0. The minimum absolute atomic E-state index is 0.0599. The zero-order chi connectivity index (χ0) is 13.4. The van der Waals surface area contributed by atoms with Crippen molar-refractivity contribution in [3.05, 3.63) is 48.6 Å². The molecule has 0 fully saturated rings. The summed E-state index contributed by atoms with van der Waals surface area (Å²) in [7, 11) is 0. The first-order valence-electron chi connectivity index (χ1n) is 5.37. The molecule has 0 saturated carbocycles. The van der Waals surface area contributed by atoms with Gasteiger partial charge >= 0.3 is 0 Å². The van der Waals surface area contributed by atoms with Gasteiger partial charge in [0, 0.05) is 17.4 Å². The molecule has 0 aliphatic carbocycles. The molecule has 0 aliphatic heterocycles. The van der Waals surface area contributed by atoms with E-state index in [1.807, 2.05) is 35.7 Å². The highest BCUT2D eigenvalue weighted by Gasteiger charge is 2.12. The fourth-order valence-electron chi connectivity index (χ4n) is 1.65. The summed E-state index contributed by atoms with van der Waals surface area (Å²) in [6.45, 7) is 0. The van der Waals surface area contributed by atoms with Crippen LogP contribution in [0.15, 0.2) is 40.2 Å². The average molecular weight is 464 g/mol. The number of benzene rings is 1. The molecule has 0 unspecified atom stereocenters. The third-order valence-electron chi connectivity index (χ3n) is 2.54. The van der Waals surface area contributed by atoms with E-state index in [-0.39, 0.29) is 5.91 Å². The van der Waals surface area contributed by atoms with Gasteiger partial charge in [-0.15, -0.1) is 22.7 Å². The van der Waals surface area contributed by atoms with Gasteiger partial charge in [-0.1, -0.05) is 0 Å². The molecule has 0 atom stereocenters. The maximum atomic E-state index is 12.2. The van der Waals surface area contributed by atoms with E-state index in [4.69, 9.17) is 0 Å². The Morgan fingerprint density at radius 2 is 2.05 bits per heavy atom. The molecule has 2 heterocycles. The van der Waals surface area contributed by atoms with Gasteiger partial charge in [-0.25, -0.2) is 0 Å². The third-order valence-corrected chi connectivity index (χ3v) is 5.96. The van der Waals surface area contributed by atoms with Crippen LogP contribution in [0.4, 0.5) is 5.69 Å². The van der Waals surface area contributed by atoms with Crippen LogP contribution in [-0.2, 0) is 0 Å². The molecule has 2 nitrogen and oxygen atoms in total. The van der Waals surface area contributed by atoms with Crippen molar-refractivity contribution in [1.82, 2.24) is 0 Å². The van der Waals surface area contributed by atoms with Crippen LogP contribution < -0.4 is 5.32 Å². The molecule has 96 valence electrons. The van der Waals surface area contributed by atoms with Crippen LogP contribution >= 0.6 is 61.2 Å². The number of amides is 1. The van der Waals surface area contributed by atoms with E-state index in [0.717, 1.165) is 28.0 Å². The van der Waals surface area contributed by atoms with Gasteiger partial charge in [0.25, 0.3) is 5.91 Å². The van der Waals surface area contributed by atoms with Crippen LogP contribution in [0.5, 0.6) is 0 Å². The topological polar surface area (TPSA) is 29.1 Å². The summed E-state index contributed by atoms with van der Waals surface area (Å²) in [6.07, 6.45) is 0. The average Bonchev–Trinajstić information content (AvgIpc) is 2.93. The lowest BCUT2D eigenvalue weighted by molar-refractivity contribution is 0.103. The normalized spacial score (nSPS) is 10.8. The zero-order valence-corrected chi connectivity index (χ0v) is 14.8. The van der Waals surface area contributed by atoms with Crippen molar-refractivity contribution in [2.45, 2.75) is 0 Å². The number of fused-ring (bicyclic) bond motifs is 1. The van der Waals surface area contributed by atoms with Crippen molar-refractivity contribution in [3.63, 3.8) is 0 Å². The Kier molecular flexibility index (Phi) is 3.93. The maximum Gasteiger partial charge on any atom is 0.265 e. The van der Waals surface area contributed by atoms with Crippen LogP contribution in [0.3, 0.4) is 0 Å². The van der Waals surface area contributed by atoms with Gasteiger partial charge in [0.1, 0.15) is 0 Å². The van der Waals surface area contributed by atoms with E-state index in [0.29, 0.717) is 0 Å². The molecule has 3 aromatic rings. The predicted octanol–water partition coefficient (Wildman–Crippen LogP) is 5.58. The van der Waals surface area contributed by atoms with E-state index < -0.39 is 0 Å². The number of hydrogen-bond donors (Lipinski definition) is 1. The Bertz CT molecular complexity index is 736. The van der Waals surface area contributed by atoms with Crippen molar-refractivity contribution >= 4 is 82.2 Å². The first-order valence-corrected chi connectivity index (χ1v) is 8.94. The summed E-state index contributed by atoms with van der Waals surface area (Å²) in [4.78, 5) is 12.9. The van der Waals surface area contributed by atoms with Gasteiger partial charge in [0.2, 0.25) is 0 Å². The second-order valence-electron chi connectivity index (χ2n) is 3.84. The van der Waals surface area contributed by atoms with Gasteiger partial charge in [0.05, 0.1) is 10.6 Å². The van der Waals surface area contributed by atoms with Crippen molar-refractivity contribution in [2.24, 2.45) is 0 Å². The summed E-state index contributed by atoms with van der Waals surface area (Å²) in [6, 6.07) is 9.83. The van der Waals surface area contributed by atoms with E-state index in [9.17, 15) is 4.79 Å². The van der Waals surface area contributed by atoms with Gasteiger partial charge in [-0.05, 0) is 74.2 Å². The van der Waals surface area contributed by atoms with Crippen LogP contribution in [0.1, 0.15) is 9.67 Å². The van der Waals surface area contributed by atoms with E-state index in [1.165, 1.54) is 11.3 Å². The number of anilines is 1. The van der Waals surface area contributed by atoms with Crippen molar-refractivity contribution in [1.29, 1.82) is 0 Å². The Balaban J connectivity index is 1.86. The Labute approximate surface area is 140 Å². The number of halogens is 2. The highest BCUT2D eigenvalue weighted by atomic mass is 127. The van der Waals surface area contributed by atoms with Gasteiger partial charge in [-0.2, -0.15) is 0 Å². The smallest absolute Gasteiger partial charge is 0.265 e. The lowest BCUT2D eigenvalue weighted by Gasteiger charge is -2.06. The van der Waals surface area contributed by atoms with E-state index in [1.54, 1.807) is 11.3 Å². The van der Waals surface area contributed by atoms with Crippen LogP contribution in [0, 0.1) is 3.57 Å². The molecule has 0 spiro atoms. The first kappa shape index (κ1) is 13.5. The molecule has 19 heavy (non-hydrogen) atoms. The SMILES string of the molecule is O=C(Nc1ccc(I)cc1Br)c1cc2sccc2s1. The number of hydrogen-bond acceptors (Lipinski definition) is 3. The predicted molar refractivity (Wildman–Crippen MR) is 94.5 cm³/mol. The number of nitrogens with one attached hydrogen (secondary N) is 1. The summed E-state index contributed by atoms with van der Waals surface area (Å²) < 4.78 is 4.35.